The normalized spacial score (nSPS) is 19.5. The number of imide groups is 1. The molecule has 1 saturated heterocycles. The molecule has 1 unspecified atom stereocenters. The van der Waals surface area contributed by atoms with E-state index in [1.54, 1.807) is 0 Å². The Morgan fingerprint density at radius 2 is 2.11 bits per heavy atom. The van der Waals surface area contributed by atoms with Crippen molar-refractivity contribution in [3.05, 3.63) is 29.8 Å². The lowest BCUT2D eigenvalue weighted by molar-refractivity contribution is -0.132. The monoisotopic (exact) mass is 261 g/mol. The minimum atomic E-state index is -0.282. The lowest BCUT2D eigenvalue weighted by Crippen LogP contribution is -2.58. The SMILES string of the molecule is CCC1C(=O)NC(=O)CN1c1ccccc1CNC. The predicted molar refractivity (Wildman–Crippen MR) is 73.8 cm³/mol. The van der Waals surface area contributed by atoms with Crippen molar-refractivity contribution < 1.29 is 9.59 Å². The van der Waals surface area contributed by atoms with E-state index in [0.29, 0.717) is 13.0 Å². The lowest BCUT2D eigenvalue weighted by Gasteiger charge is -2.36. The molecule has 1 aliphatic rings. The molecule has 1 fully saturated rings. The van der Waals surface area contributed by atoms with E-state index in [4.69, 9.17) is 0 Å². The van der Waals surface area contributed by atoms with Crippen LogP contribution in [0.3, 0.4) is 0 Å². The number of anilines is 1. The number of hydrogen-bond donors (Lipinski definition) is 2. The van der Waals surface area contributed by atoms with Crippen LogP contribution in [0.4, 0.5) is 5.69 Å². The van der Waals surface area contributed by atoms with Gasteiger partial charge >= 0.3 is 0 Å². The lowest BCUT2D eigenvalue weighted by atomic mass is 10.1. The Labute approximate surface area is 113 Å². The van der Waals surface area contributed by atoms with Gasteiger partial charge in [0.15, 0.2) is 0 Å². The third-order valence-electron chi connectivity index (χ3n) is 3.31. The van der Waals surface area contributed by atoms with Crippen LogP contribution in [0.2, 0.25) is 0 Å². The molecule has 2 rings (SSSR count). The number of hydrogen-bond acceptors (Lipinski definition) is 4. The zero-order valence-electron chi connectivity index (χ0n) is 11.3. The van der Waals surface area contributed by atoms with E-state index < -0.39 is 0 Å². The largest absolute Gasteiger partial charge is 0.350 e. The zero-order valence-corrected chi connectivity index (χ0v) is 11.3. The Balaban J connectivity index is 2.37. The molecule has 2 N–H and O–H groups in total. The molecule has 1 aromatic carbocycles. The first-order valence-electron chi connectivity index (χ1n) is 6.50. The molecule has 0 saturated carbocycles. The summed E-state index contributed by atoms with van der Waals surface area (Å²) in [4.78, 5) is 25.4. The number of piperazine rings is 1. The summed E-state index contributed by atoms with van der Waals surface area (Å²) in [7, 11) is 1.88. The first kappa shape index (κ1) is 13.5. The Morgan fingerprint density at radius 3 is 2.79 bits per heavy atom. The van der Waals surface area contributed by atoms with Gasteiger partial charge in [-0.25, -0.2) is 0 Å². The molecule has 102 valence electrons. The van der Waals surface area contributed by atoms with Crippen LogP contribution in [0.25, 0.3) is 0 Å². The van der Waals surface area contributed by atoms with Gasteiger partial charge in [0, 0.05) is 12.2 Å². The predicted octanol–water partition coefficient (Wildman–Crippen LogP) is 0.647. The van der Waals surface area contributed by atoms with E-state index in [2.05, 4.69) is 10.6 Å². The summed E-state index contributed by atoms with van der Waals surface area (Å²) in [5.74, 6) is -0.452. The zero-order chi connectivity index (χ0) is 13.8. The molecule has 0 spiro atoms. The van der Waals surface area contributed by atoms with E-state index >= 15 is 0 Å². The summed E-state index contributed by atoms with van der Waals surface area (Å²) in [5.41, 5.74) is 2.04. The van der Waals surface area contributed by atoms with E-state index in [1.807, 2.05) is 43.1 Å². The second-order valence-electron chi connectivity index (χ2n) is 4.62. The minimum absolute atomic E-state index is 0.210. The average molecular weight is 261 g/mol. The topological polar surface area (TPSA) is 61.4 Å². The van der Waals surface area contributed by atoms with Crippen LogP contribution >= 0.6 is 0 Å². The summed E-state index contributed by atoms with van der Waals surface area (Å²) >= 11 is 0. The van der Waals surface area contributed by atoms with Crippen molar-refractivity contribution in [3.8, 4) is 0 Å². The highest BCUT2D eigenvalue weighted by molar-refractivity contribution is 6.04. The highest BCUT2D eigenvalue weighted by Gasteiger charge is 2.33. The van der Waals surface area contributed by atoms with Gasteiger partial charge in [0.2, 0.25) is 11.8 Å². The van der Waals surface area contributed by atoms with Gasteiger partial charge in [0.25, 0.3) is 0 Å². The number of carbonyl (C=O) groups is 2. The fourth-order valence-corrected chi connectivity index (χ4v) is 2.46. The van der Waals surface area contributed by atoms with Gasteiger partial charge in [-0.2, -0.15) is 0 Å². The van der Waals surface area contributed by atoms with Crippen LogP contribution in [0.5, 0.6) is 0 Å². The fraction of sp³-hybridized carbons (Fsp3) is 0.429. The van der Waals surface area contributed by atoms with Crippen molar-refractivity contribution in [2.75, 3.05) is 18.5 Å². The van der Waals surface area contributed by atoms with Crippen LogP contribution in [0.1, 0.15) is 18.9 Å². The molecular weight excluding hydrogens is 242 g/mol. The molecule has 0 radical (unpaired) electrons. The molecule has 1 heterocycles. The van der Waals surface area contributed by atoms with Gasteiger partial charge in [-0.3, -0.25) is 14.9 Å². The van der Waals surface area contributed by atoms with E-state index in [9.17, 15) is 9.59 Å². The standard InChI is InChI=1S/C14H19N3O2/c1-3-11-14(19)16-13(18)9-17(11)12-7-5-4-6-10(12)8-15-2/h4-7,11,15H,3,8-9H2,1-2H3,(H,16,18,19). The Bertz CT molecular complexity index is 487. The molecule has 1 aromatic rings. The van der Waals surface area contributed by atoms with E-state index in [0.717, 1.165) is 11.3 Å². The second-order valence-corrected chi connectivity index (χ2v) is 4.62. The summed E-state index contributed by atoms with van der Waals surface area (Å²) in [6, 6.07) is 7.58. The molecule has 5 heteroatoms. The molecule has 19 heavy (non-hydrogen) atoms. The van der Waals surface area contributed by atoms with E-state index in [1.165, 1.54) is 0 Å². The Morgan fingerprint density at radius 1 is 1.37 bits per heavy atom. The summed E-state index contributed by atoms with van der Waals surface area (Å²) in [6.45, 7) is 2.89. The van der Waals surface area contributed by atoms with E-state index in [-0.39, 0.29) is 24.4 Å². The smallest absolute Gasteiger partial charge is 0.249 e. The van der Waals surface area contributed by atoms with Crippen LogP contribution in [-0.2, 0) is 16.1 Å². The van der Waals surface area contributed by atoms with Crippen LogP contribution in [0, 0.1) is 0 Å². The highest BCUT2D eigenvalue weighted by Crippen LogP contribution is 2.25. The van der Waals surface area contributed by atoms with Gasteiger partial charge in [0.1, 0.15) is 6.04 Å². The molecule has 0 bridgehead atoms. The van der Waals surface area contributed by atoms with Crippen LogP contribution in [0.15, 0.2) is 24.3 Å². The number of benzene rings is 1. The highest BCUT2D eigenvalue weighted by atomic mass is 16.2. The number of nitrogens with one attached hydrogen (secondary N) is 2. The van der Waals surface area contributed by atoms with Gasteiger partial charge in [-0.15, -0.1) is 0 Å². The maximum atomic E-state index is 11.9. The minimum Gasteiger partial charge on any atom is -0.350 e. The maximum absolute atomic E-state index is 11.9. The first-order valence-corrected chi connectivity index (χ1v) is 6.50. The Hall–Kier alpha value is -1.88. The van der Waals surface area contributed by atoms with Gasteiger partial charge in [0.05, 0.1) is 6.54 Å². The van der Waals surface area contributed by atoms with Crippen molar-refractivity contribution in [2.45, 2.75) is 25.9 Å². The number of nitrogens with zero attached hydrogens (tertiary/aromatic N) is 1. The van der Waals surface area contributed by atoms with Crippen molar-refractivity contribution >= 4 is 17.5 Å². The molecule has 1 aliphatic heterocycles. The molecule has 0 aliphatic carbocycles. The fourth-order valence-electron chi connectivity index (χ4n) is 2.46. The third-order valence-corrected chi connectivity index (χ3v) is 3.31. The molecule has 5 nitrogen and oxygen atoms in total. The van der Waals surface area contributed by atoms with Crippen molar-refractivity contribution in [3.63, 3.8) is 0 Å². The quantitative estimate of drug-likeness (QED) is 0.781. The average Bonchev–Trinajstić information content (AvgIpc) is 2.39. The van der Waals surface area contributed by atoms with Crippen LogP contribution < -0.4 is 15.5 Å². The van der Waals surface area contributed by atoms with Crippen molar-refractivity contribution in [2.24, 2.45) is 0 Å². The number of amides is 2. The molecule has 1 atom stereocenters. The molecule has 2 amide bonds. The molecular formula is C14H19N3O2. The second kappa shape index (κ2) is 5.84. The van der Waals surface area contributed by atoms with Crippen LogP contribution in [-0.4, -0.2) is 31.4 Å². The Kier molecular flexibility index (Phi) is 4.16. The summed E-state index contributed by atoms with van der Waals surface area (Å²) in [6.07, 6.45) is 0.674. The van der Waals surface area contributed by atoms with Gasteiger partial charge in [-0.1, -0.05) is 25.1 Å². The first-order chi connectivity index (χ1) is 9.17. The van der Waals surface area contributed by atoms with Crippen molar-refractivity contribution in [1.29, 1.82) is 0 Å². The molecule has 0 aromatic heterocycles. The number of rotatable bonds is 4. The van der Waals surface area contributed by atoms with Gasteiger partial charge in [-0.05, 0) is 25.1 Å². The maximum Gasteiger partial charge on any atom is 0.249 e. The summed E-state index contributed by atoms with van der Waals surface area (Å²) in [5, 5.41) is 5.50. The van der Waals surface area contributed by atoms with Crippen molar-refractivity contribution in [1.82, 2.24) is 10.6 Å². The number of carbonyl (C=O) groups excluding carboxylic acids is 2. The van der Waals surface area contributed by atoms with Gasteiger partial charge < -0.3 is 10.2 Å². The third kappa shape index (κ3) is 2.76. The summed E-state index contributed by atoms with van der Waals surface area (Å²) < 4.78 is 0. The number of para-hydroxylation sites is 1.